The van der Waals surface area contributed by atoms with E-state index in [1.54, 1.807) is 29.8 Å². The standard InChI is InChI=1S/C18H15BrN2O4S/c1-21-13-7-12(19)14(22)6-11(13)15(18(23)24)16(21)17(26-25)10-4-2-3-9(5-10)8-20/h2-7,17H,8,20H2,1H3,(H-,22,23,24)/p+1. The van der Waals surface area contributed by atoms with Gasteiger partial charge in [-0.2, -0.15) is 0 Å². The number of aromatic hydroxyl groups is 1. The van der Waals surface area contributed by atoms with E-state index in [9.17, 15) is 19.2 Å². The molecule has 0 saturated heterocycles. The van der Waals surface area contributed by atoms with Crippen LogP contribution in [0.5, 0.6) is 5.75 Å². The molecule has 0 aliphatic heterocycles. The number of benzene rings is 2. The third kappa shape index (κ3) is 3.00. The molecule has 0 aliphatic rings. The largest absolute Gasteiger partial charge is 0.507 e. The maximum atomic E-state index is 12.0. The summed E-state index contributed by atoms with van der Waals surface area (Å²) >= 11 is 3.56. The van der Waals surface area contributed by atoms with E-state index in [0.29, 0.717) is 44.8 Å². The van der Waals surface area contributed by atoms with Gasteiger partial charge in [-0.15, -0.1) is 0 Å². The van der Waals surface area contributed by atoms with Crippen molar-refractivity contribution in [2.45, 2.75) is 11.8 Å². The molecule has 0 radical (unpaired) electrons. The van der Waals surface area contributed by atoms with Gasteiger partial charge in [-0.3, -0.25) is 0 Å². The summed E-state index contributed by atoms with van der Waals surface area (Å²) in [5, 5.41) is 19.4. The number of carbonyl (C=O) groups is 1. The number of hydrogen-bond acceptors (Lipinski definition) is 4. The van der Waals surface area contributed by atoms with Crippen LogP contribution in [-0.4, -0.2) is 20.7 Å². The van der Waals surface area contributed by atoms with Gasteiger partial charge >= 0.3 is 22.9 Å². The number of carboxylic acid groups (broad SMARTS) is 1. The van der Waals surface area contributed by atoms with Crippen LogP contribution >= 0.6 is 15.9 Å². The first-order chi connectivity index (χ1) is 12.4. The molecule has 3 aromatic rings. The number of phenols is 1. The molecule has 0 aliphatic carbocycles. The average molecular weight is 436 g/mol. The highest BCUT2D eigenvalue weighted by atomic mass is 79.9. The minimum atomic E-state index is -1.15. The predicted molar refractivity (Wildman–Crippen MR) is 103 cm³/mol. The Morgan fingerprint density at radius 3 is 2.69 bits per heavy atom. The Balaban J connectivity index is 2.34. The van der Waals surface area contributed by atoms with Crippen molar-refractivity contribution in [2.75, 3.05) is 0 Å². The summed E-state index contributed by atoms with van der Waals surface area (Å²) in [4.78, 5) is 12.0. The second-order valence-electron chi connectivity index (χ2n) is 5.87. The van der Waals surface area contributed by atoms with Crippen LogP contribution in [0.2, 0.25) is 0 Å². The fraction of sp³-hybridized carbons (Fsp3) is 0.167. The fourth-order valence-corrected chi connectivity index (χ4v) is 4.09. The van der Waals surface area contributed by atoms with Gasteiger partial charge in [-0.05, 0) is 39.7 Å². The molecule has 1 atom stereocenters. The first-order valence-corrected chi connectivity index (χ1v) is 9.30. The van der Waals surface area contributed by atoms with Gasteiger partial charge in [0, 0.05) is 28.8 Å². The van der Waals surface area contributed by atoms with Gasteiger partial charge in [0.15, 0.2) is 0 Å². The second kappa shape index (κ2) is 7.14. The molecule has 0 amide bonds. The normalized spacial score (nSPS) is 12.3. The first kappa shape index (κ1) is 18.5. The molecule has 3 rings (SSSR count). The highest BCUT2D eigenvalue weighted by Crippen LogP contribution is 2.38. The van der Waals surface area contributed by atoms with Crippen molar-refractivity contribution in [3.63, 3.8) is 0 Å². The van der Waals surface area contributed by atoms with E-state index in [-0.39, 0.29) is 11.3 Å². The molecule has 8 heteroatoms. The lowest BCUT2D eigenvalue weighted by molar-refractivity contribution is 0.0697. The van der Waals surface area contributed by atoms with Gasteiger partial charge < -0.3 is 20.5 Å². The molecule has 0 spiro atoms. The molecule has 1 heterocycles. The monoisotopic (exact) mass is 435 g/mol. The van der Waals surface area contributed by atoms with Crippen molar-refractivity contribution >= 4 is 44.5 Å². The number of rotatable bonds is 5. The number of aromatic carboxylic acids is 1. The van der Waals surface area contributed by atoms with Gasteiger partial charge in [0.1, 0.15) is 11.4 Å². The molecule has 6 nitrogen and oxygen atoms in total. The van der Waals surface area contributed by atoms with Crippen molar-refractivity contribution in [3.05, 3.63) is 63.3 Å². The summed E-state index contributed by atoms with van der Waals surface area (Å²) < 4.78 is 14.1. The Morgan fingerprint density at radius 2 is 2.08 bits per heavy atom. The Kier molecular flexibility index (Phi) is 5.08. The Labute approximate surface area is 161 Å². The van der Waals surface area contributed by atoms with Crippen molar-refractivity contribution in [2.24, 2.45) is 12.8 Å². The SMILES string of the molecule is Cn1c(C([S+]=O)c2cccc(CN)c2)c(C(=O)O)c2cc(O)c(Br)cc21. The Hall–Kier alpha value is -2.29. The number of aryl methyl sites for hydroxylation is 1. The minimum absolute atomic E-state index is 0.0109. The molecule has 1 unspecified atom stereocenters. The third-order valence-corrected chi connectivity index (χ3v) is 5.68. The second-order valence-corrected chi connectivity index (χ2v) is 7.39. The summed E-state index contributed by atoms with van der Waals surface area (Å²) in [6, 6.07) is 10.3. The number of fused-ring (bicyclic) bond motifs is 1. The molecule has 0 bridgehead atoms. The summed E-state index contributed by atoms with van der Waals surface area (Å²) in [7, 11) is 1.71. The van der Waals surface area contributed by atoms with Crippen LogP contribution in [0.15, 0.2) is 40.9 Å². The van der Waals surface area contributed by atoms with Crippen molar-refractivity contribution < 1.29 is 19.2 Å². The van der Waals surface area contributed by atoms with Gasteiger partial charge in [0.25, 0.3) is 0 Å². The van der Waals surface area contributed by atoms with Crippen molar-refractivity contribution in [1.29, 1.82) is 0 Å². The zero-order valence-electron chi connectivity index (χ0n) is 13.8. The third-order valence-electron chi connectivity index (χ3n) is 4.36. The molecule has 2 aromatic carbocycles. The lowest BCUT2D eigenvalue weighted by Gasteiger charge is -2.07. The number of hydrogen-bond donors (Lipinski definition) is 3. The van der Waals surface area contributed by atoms with Gasteiger partial charge in [-0.25, -0.2) is 4.79 Å². The maximum absolute atomic E-state index is 12.0. The lowest BCUT2D eigenvalue weighted by Crippen LogP contribution is -2.11. The molecule has 26 heavy (non-hydrogen) atoms. The number of aromatic nitrogens is 1. The van der Waals surface area contributed by atoms with Crippen LogP contribution < -0.4 is 5.73 Å². The van der Waals surface area contributed by atoms with E-state index in [1.807, 2.05) is 12.1 Å². The van der Waals surface area contributed by atoms with Crippen LogP contribution in [0.25, 0.3) is 10.9 Å². The van der Waals surface area contributed by atoms with E-state index >= 15 is 0 Å². The van der Waals surface area contributed by atoms with Crippen molar-refractivity contribution in [1.82, 2.24) is 4.57 Å². The van der Waals surface area contributed by atoms with Gasteiger partial charge in [0.2, 0.25) is 0 Å². The predicted octanol–water partition coefficient (Wildman–Crippen LogP) is 3.32. The first-order valence-electron chi connectivity index (χ1n) is 7.70. The number of carboxylic acids is 1. The van der Waals surface area contributed by atoms with Crippen LogP contribution in [0.3, 0.4) is 0 Å². The molecule has 0 saturated carbocycles. The van der Waals surface area contributed by atoms with E-state index in [2.05, 4.69) is 15.9 Å². The Morgan fingerprint density at radius 1 is 1.35 bits per heavy atom. The average Bonchev–Trinajstić information content (AvgIpc) is 2.89. The lowest BCUT2D eigenvalue weighted by atomic mass is 10.0. The number of phenolic OH excluding ortho intramolecular Hbond substituents is 1. The van der Waals surface area contributed by atoms with Gasteiger partial charge in [-0.1, -0.05) is 18.2 Å². The zero-order chi connectivity index (χ0) is 19.0. The van der Waals surface area contributed by atoms with Gasteiger partial charge in [0.05, 0.1) is 15.6 Å². The molecule has 134 valence electrons. The summed E-state index contributed by atoms with van der Waals surface area (Å²) in [5.74, 6) is -1.21. The van der Waals surface area contributed by atoms with E-state index < -0.39 is 11.2 Å². The van der Waals surface area contributed by atoms with Crippen LogP contribution in [0.1, 0.15) is 32.4 Å². The minimum Gasteiger partial charge on any atom is -0.507 e. The van der Waals surface area contributed by atoms with Crippen LogP contribution in [-0.2, 0) is 29.5 Å². The quantitative estimate of drug-likeness (QED) is 0.533. The summed E-state index contributed by atoms with van der Waals surface area (Å²) in [5.41, 5.74) is 8.22. The van der Waals surface area contributed by atoms with E-state index in [4.69, 9.17) is 5.73 Å². The highest BCUT2D eigenvalue weighted by Gasteiger charge is 2.36. The number of nitrogens with two attached hydrogens (primary N) is 1. The fourth-order valence-electron chi connectivity index (χ4n) is 3.14. The smallest absolute Gasteiger partial charge is 0.474 e. The molecule has 4 N–H and O–H groups in total. The number of nitrogens with zero attached hydrogens (tertiary/aromatic N) is 1. The molecule has 1 aromatic heterocycles. The maximum Gasteiger partial charge on any atom is 0.474 e. The molecular weight excluding hydrogens is 420 g/mol. The number of halogens is 1. The van der Waals surface area contributed by atoms with Crippen molar-refractivity contribution in [3.8, 4) is 5.75 Å². The summed E-state index contributed by atoms with van der Waals surface area (Å²) in [6.07, 6.45) is 0. The van der Waals surface area contributed by atoms with Crippen LogP contribution in [0, 0.1) is 0 Å². The van der Waals surface area contributed by atoms with E-state index in [0.717, 1.165) is 5.56 Å². The van der Waals surface area contributed by atoms with E-state index in [1.165, 1.54) is 6.07 Å². The summed E-state index contributed by atoms with van der Waals surface area (Å²) in [6.45, 7) is 0.325. The topological polar surface area (TPSA) is 106 Å². The molecular formula is C18H16BrN2O4S+. The van der Waals surface area contributed by atoms with Crippen LogP contribution in [0.4, 0.5) is 0 Å². The zero-order valence-corrected chi connectivity index (χ0v) is 16.2. The highest BCUT2D eigenvalue weighted by molar-refractivity contribution is 9.10. The molecule has 0 fully saturated rings. The Bertz CT molecular complexity index is 1030.